The van der Waals surface area contributed by atoms with Crippen LogP contribution in [0.2, 0.25) is 0 Å². The van der Waals surface area contributed by atoms with Gasteiger partial charge in [-0.2, -0.15) is 10.1 Å². The maximum absolute atomic E-state index is 12.4. The molecule has 0 atom stereocenters. The zero-order chi connectivity index (χ0) is 25.5. The summed E-state index contributed by atoms with van der Waals surface area (Å²) in [6.45, 7) is 0. The molecule has 0 unspecified atom stereocenters. The Labute approximate surface area is 207 Å². The molecule has 0 bridgehead atoms. The molecule has 1 fully saturated rings. The van der Waals surface area contributed by atoms with Crippen LogP contribution in [0.1, 0.15) is 5.56 Å². The number of anilines is 3. The summed E-state index contributed by atoms with van der Waals surface area (Å²) in [5, 5.41) is 6.98. The second-order valence-corrected chi connectivity index (χ2v) is 8.18. The average Bonchev–Trinajstić information content (AvgIpc) is 3.20. The lowest BCUT2D eigenvalue weighted by Crippen LogP contribution is -2.30. The third-order valence-corrected chi connectivity index (χ3v) is 5.56. The molecule has 0 spiro atoms. The first kappa shape index (κ1) is 24.8. The van der Waals surface area contributed by atoms with Gasteiger partial charge in [0.1, 0.15) is 5.75 Å². The van der Waals surface area contributed by atoms with E-state index in [1.54, 1.807) is 48.5 Å². The minimum atomic E-state index is -4.74. The van der Waals surface area contributed by atoms with Crippen molar-refractivity contribution in [3.05, 3.63) is 84.4 Å². The van der Waals surface area contributed by atoms with Gasteiger partial charge in [-0.3, -0.25) is 15.1 Å². The number of rotatable bonds is 6. The Morgan fingerprint density at radius 1 is 0.972 bits per heavy atom. The predicted molar refractivity (Wildman–Crippen MR) is 134 cm³/mol. The van der Waals surface area contributed by atoms with Gasteiger partial charge in [0.15, 0.2) is 5.17 Å². The molecule has 3 aromatic rings. The fourth-order valence-electron chi connectivity index (χ4n) is 3.08. The minimum absolute atomic E-state index is 0.153. The van der Waals surface area contributed by atoms with Gasteiger partial charge in [-0.15, -0.1) is 13.2 Å². The van der Waals surface area contributed by atoms with Crippen molar-refractivity contribution in [3.8, 4) is 5.75 Å². The number of carbonyl (C=O) groups is 2. The van der Waals surface area contributed by atoms with E-state index in [0.717, 1.165) is 0 Å². The second kappa shape index (κ2) is 11.0. The monoisotopic (exact) mass is 513 g/mol. The number of thioether (sulfide) groups is 1. The molecule has 1 aliphatic heterocycles. The van der Waals surface area contributed by atoms with Crippen LogP contribution < -0.4 is 20.4 Å². The van der Waals surface area contributed by atoms with Crippen LogP contribution >= 0.6 is 11.8 Å². The normalized spacial score (nSPS) is 14.9. The summed E-state index contributed by atoms with van der Waals surface area (Å²) in [6, 6.07) is 20.2. The summed E-state index contributed by atoms with van der Waals surface area (Å²) in [7, 11) is 0. The lowest BCUT2D eigenvalue weighted by molar-refractivity contribution is -0.274. The molecular formula is C24H18F3N5O3S. The Balaban J connectivity index is 1.32. The number of hydrogen-bond donors (Lipinski definition) is 2. The van der Waals surface area contributed by atoms with E-state index in [0.29, 0.717) is 27.8 Å². The highest BCUT2D eigenvalue weighted by Gasteiger charge is 2.31. The van der Waals surface area contributed by atoms with Crippen molar-refractivity contribution in [2.45, 2.75) is 6.36 Å². The van der Waals surface area contributed by atoms with Crippen molar-refractivity contribution >= 4 is 52.1 Å². The largest absolute Gasteiger partial charge is 0.573 e. The van der Waals surface area contributed by atoms with E-state index in [4.69, 9.17) is 0 Å². The maximum atomic E-state index is 12.4. The number of alkyl halides is 3. The molecule has 4 rings (SSSR count). The van der Waals surface area contributed by atoms with E-state index in [2.05, 4.69) is 25.6 Å². The van der Waals surface area contributed by atoms with Crippen molar-refractivity contribution in [3.63, 3.8) is 0 Å². The first-order valence-electron chi connectivity index (χ1n) is 10.4. The molecule has 2 N–H and O–H groups in total. The summed E-state index contributed by atoms with van der Waals surface area (Å²) in [5.41, 5.74) is 5.08. The number of amidine groups is 1. The Bertz CT molecular complexity index is 1280. The number of hydrazone groups is 1. The van der Waals surface area contributed by atoms with Crippen LogP contribution in [0.3, 0.4) is 0 Å². The van der Waals surface area contributed by atoms with E-state index >= 15 is 0 Å². The van der Waals surface area contributed by atoms with Crippen LogP contribution in [0, 0.1) is 0 Å². The predicted octanol–water partition coefficient (Wildman–Crippen LogP) is 5.70. The SMILES string of the molecule is O=C(/N=C1\SCC(=O)N1c1ccccc1)Nc1ccc(N/N=C/c2ccc(OC(F)(F)F)cc2)cc1. The number of halogens is 3. The highest BCUT2D eigenvalue weighted by Crippen LogP contribution is 2.27. The van der Waals surface area contributed by atoms with E-state index in [9.17, 15) is 22.8 Å². The molecule has 3 aromatic carbocycles. The molecule has 0 saturated carbocycles. The van der Waals surface area contributed by atoms with Crippen LogP contribution in [-0.2, 0) is 4.79 Å². The number of para-hydroxylation sites is 1. The molecule has 0 aliphatic carbocycles. The molecule has 1 heterocycles. The zero-order valence-corrected chi connectivity index (χ0v) is 19.2. The minimum Gasteiger partial charge on any atom is -0.406 e. The Morgan fingerprint density at radius 2 is 1.64 bits per heavy atom. The van der Waals surface area contributed by atoms with E-state index < -0.39 is 12.4 Å². The second-order valence-electron chi connectivity index (χ2n) is 7.24. The summed E-state index contributed by atoms with van der Waals surface area (Å²) in [6.07, 6.45) is -3.31. The molecule has 8 nitrogen and oxygen atoms in total. The van der Waals surface area contributed by atoms with Gasteiger partial charge in [0.05, 0.1) is 23.3 Å². The lowest BCUT2D eigenvalue weighted by atomic mass is 10.2. The van der Waals surface area contributed by atoms with Gasteiger partial charge in [0, 0.05) is 5.69 Å². The first-order chi connectivity index (χ1) is 17.3. The number of aliphatic imine (C=N–C) groups is 1. The number of hydrogen-bond acceptors (Lipinski definition) is 6. The van der Waals surface area contributed by atoms with Crippen LogP contribution in [0.5, 0.6) is 5.75 Å². The average molecular weight is 514 g/mol. The number of urea groups is 1. The molecule has 36 heavy (non-hydrogen) atoms. The Morgan fingerprint density at radius 3 is 2.31 bits per heavy atom. The number of carbonyl (C=O) groups excluding carboxylic acids is 2. The van der Waals surface area contributed by atoms with Crippen molar-refractivity contribution in [1.82, 2.24) is 0 Å². The van der Waals surface area contributed by atoms with Crippen molar-refractivity contribution < 1.29 is 27.5 Å². The molecule has 0 radical (unpaired) electrons. The van der Waals surface area contributed by atoms with E-state index in [1.807, 2.05) is 6.07 Å². The number of nitrogens with zero attached hydrogens (tertiary/aromatic N) is 3. The Kier molecular flexibility index (Phi) is 7.54. The zero-order valence-electron chi connectivity index (χ0n) is 18.4. The molecule has 0 aromatic heterocycles. The van der Waals surface area contributed by atoms with Crippen LogP contribution in [0.15, 0.2) is 89.0 Å². The van der Waals surface area contributed by atoms with Crippen LogP contribution in [0.4, 0.5) is 35.0 Å². The third kappa shape index (κ3) is 6.85. The molecule has 184 valence electrons. The molecule has 3 amide bonds. The van der Waals surface area contributed by atoms with Crippen LogP contribution in [0.25, 0.3) is 0 Å². The van der Waals surface area contributed by atoms with Crippen molar-refractivity contribution in [2.75, 3.05) is 21.4 Å². The van der Waals surface area contributed by atoms with Gasteiger partial charge in [-0.1, -0.05) is 30.0 Å². The highest BCUT2D eigenvalue weighted by molar-refractivity contribution is 8.15. The van der Waals surface area contributed by atoms with Gasteiger partial charge in [-0.05, 0) is 66.2 Å². The Hall–Kier alpha value is -4.32. The molecule has 12 heteroatoms. The van der Waals surface area contributed by atoms with E-state index in [-0.39, 0.29) is 17.4 Å². The number of amides is 3. The summed E-state index contributed by atoms with van der Waals surface area (Å²) < 4.78 is 40.5. The van der Waals surface area contributed by atoms with Crippen molar-refractivity contribution in [1.29, 1.82) is 0 Å². The fraction of sp³-hybridized carbons (Fsp3) is 0.0833. The summed E-state index contributed by atoms with van der Waals surface area (Å²) >= 11 is 1.19. The highest BCUT2D eigenvalue weighted by atomic mass is 32.2. The number of ether oxygens (including phenoxy) is 1. The molecular weight excluding hydrogens is 495 g/mol. The molecule has 1 saturated heterocycles. The van der Waals surface area contributed by atoms with Gasteiger partial charge in [-0.25, -0.2) is 4.79 Å². The van der Waals surface area contributed by atoms with Crippen LogP contribution in [-0.4, -0.2) is 35.4 Å². The van der Waals surface area contributed by atoms with Crippen molar-refractivity contribution in [2.24, 2.45) is 10.1 Å². The third-order valence-electron chi connectivity index (χ3n) is 4.63. The number of benzene rings is 3. The molecule has 1 aliphatic rings. The van der Waals surface area contributed by atoms with Gasteiger partial charge in [0.2, 0.25) is 5.91 Å². The quantitative estimate of drug-likeness (QED) is 0.326. The fourth-order valence-corrected chi connectivity index (χ4v) is 3.94. The van der Waals surface area contributed by atoms with Gasteiger partial charge >= 0.3 is 12.4 Å². The van der Waals surface area contributed by atoms with Gasteiger partial charge < -0.3 is 10.1 Å². The standard InChI is InChI=1S/C24H18F3N5O3S/c25-24(26,27)35-20-12-6-16(7-13-20)14-28-31-18-10-8-17(9-11-18)29-22(34)30-23-32(21(33)15-36-23)19-4-2-1-3-5-19/h1-14,31H,15H2,(H,29,34)/b28-14+,30-23-. The lowest BCUT2D eigenvalue weighted by Gasteiger charge is -2.15. The summed E-state index contributed by atoms with van der Waals surface area (Å²) in [5.74, 6) is -0.270. The smallest absolute Gasteiger partial charge is 0.406 e. The van der Waals surface area contributed by atoms with Gasteiger partial charge in [0.25, 0.3) is 0 Å². The van der Waals surface area contributed by atoms with E-state index in [1.165, 1.54) is 47.1 Å². The summed E-state index contributed by atoms with van der Waals surface area (Å²) in [4.78, 5) is 30.1. The first-order valence-corrected chi connectivity index (χ1v) is 11.4. The number of nitrogens with one attached hydrogen (secondary N) is 2. The topological polar surface area (TPSA) is 95.4 Å². The maximum Gasteiger partial charge on any atom is 0.573 e.